The predicted molar refractivity (Wildman–Crippen MR) is 49.4 cm³/mol. The predicted octanol–water partition coefficient (Wildman–Crippen LogP) is 2.11. The van der Waals surface area contributed by atoms with Crippen molar-refractivity contribution in [2.75, 3.05) is 0 Å². The SMILES string of the molecule is CCC(=O)C1OC1c1ccccc1. The van der Waals surface area contributed by atoms with E-state index in [0.29, 0.717) is 6.42 Å². The fraction of sp³-hybridized carbons (Fsp3) is 0.364. The second-order valence-corrected chi connectivity index (χ2v) is 3.21. The number of ether oxygens (including phenoxy) is 1. The van der Waals surface area contributed by atoms with Crippen LogP contribution in [0.5, 0.6) is 0 Å². The van der Waals surface area contributed by atoms with Crippen LogP contribution in [0.2, 0.25) is 0 Å². The molecule has 1 heterocycles. The molecule has 2 rings (SSSR count). The molecule has 2 nitrogen and oxygen atoms in total. The number of rotatable bonds is 3. The van der Waals surface area contributed by atoms with Gasteiger partial charge in [-0.3, -0.25) is 4.79 Å². The molecule has 0 aliphatic carbocycles. The molecule has 1 aliphatic rings. The van der Waals surface area contributed by atoms with Crippen molar-refractivity contribution >= 4 is 5.78 Å². The van der Waals surface area contributed by atoms with Gasteiger partial charge in [-0.25, -0.2) is 0 Å². The van der Waals surface area contributed by atoms with Crippen LogP contribution in [-0.4, -0.2) is 11.9 Å². The van der Waals surface area contributed by atoms with Crippen LogP contribution >= 0.6 is 0 Å². The molecule has 0 amide bonds. The van der Waals surface area contributed by atoms with Gasteiger partial charge in [0, 0.05) is 6.42 Å². The maximum absolute atomic E-state index is 11.2. The first kappa shape index (κ1) is 8.45. The molecule has 0 spiro atoms. The van der Waals surface area contributed by atoms with Gasteiger partial charge in [-0.05, 0) is 5.56 Å². The van der Waals surface area contributed by atoms with Gasteiger partial charge in [0.25, 0.3) is 0 Å². The molecule has 1 fully saturated rings. The molecule has 13 heavy (non-hydrogen) atoms. The molecule has 0 bridgehead atoms. The lowest BCUT2D eigenvalue weighted by Crippen LogP contribution is -2.04. The molecule has 0 radical (unpaired) electrons. The highest BCUT2D eigenvalue weighted by Gasteiger charge is 2.44. The Kier molecular flexibility index (Phi) is 2.15. The number of hydrogen-bond acceptors (Lipinski definition) is 2. The highest BCUT2D eigenvalue weighted by molar-refractivity contribution is 5.85. The number of hydrogen-bond donors (Lipinski definition) is 0. The number of carbonyl (C=O) groups is 1. The van der Waals surface area contributed by atoms with Gasteiger partial charge >= 0.3 is 0 Å². The zero-order chi connectivity index (χ0) is 9.26. The molecule has 68 valence electrons. The highest BCUT2D eigenvalue weighted by Crippen LogP contribution is 2.39. The summed E-state index contributed by atoms with van der Waals surface area (Å²) in [5.41, 5.74) is 1.11. The molecule has 0 saturated carbocycles. The molecule has 1 aliphatic heterocycles. The lowest BCUT2D eigenvalue weighted by atomic mass is 10.1. The van der Waals surface area contributed by atoms with Crippen LogP contribution in [0.25, 0.3) is 0 Å². The van der Waals surface area contributed by atoms with Crippen molar-refractivity contribution in [1.82, 2.24) is 0 Å². The first-order chi connectivity index (χ1) is 6.33. The maximum Gasteiger partial charge on any atom is 0.164 e. The quantitative estimate of drug-likeness (QED) is 0.660. The number of carbonyl (C=O) groups excluding carboxylic acids is 1. The minimum absolute atomic E-state index is 0.0219. The van der Waals surface area contributed by atoms with Crippen molar-refractivity contribution in [3.05, 3.63) is 35.9 Å². The van der Waals surface area contributed by atoms with Crippen LogP contribution in [0.15, 0.2) is 30.3 Å². The van der Waals surface area contributed by atoms with Gasteiger partial charge in [0.05, 0.1) is 0 Å². The van der Waals surface area contributed by atoms with E-state index < -0.39 is 0 Å². The van der Waals surface area contributed by atoms with Crippen molar-refractivity contribution in [3.63, 3.8) is 0 Å². The summed E-state index contributed by atoms with van der Waals surface area (Å²) in [5.74, 6) is 0.203. The minimum Gasteiger partial charge on any atom is -0.356 e. The number of ketones is 1. The summed E-state index contributed by atoms with van der Waals surface area (Å²) in [7, 11) is 0. The first-order valence-corrected chi connectivity index (χ1v) is 4.56. The largest absolute Gasteiger partial charge is 0.356 e. The number of Topliss-reactive ketones (excluding diaryl/α,β-unsaturated/α-hetero) is 1. The molecule has 2 heteroatoms. The zero-order valence-electron chi connectivity index (χ0n) is 7.57. The summed E-state index contributed by atoms with van der Waals surface area (Å²) in [4.78, 5) is 11.2. The maximum atomic E-state index is 11.2. The average Bonchev–Trinajstić information content (AvgIpc) is 2.98. The van der Waals surface area contributed by atoms with Gasteiger partial charge in [-0.2, -0.15) is 0 Å². The van der Waals surface area contributed by atoms with E-state index in [-0.39, 0.29) is 18.0 Å². The molecule has 2 atom stereocenters. The van der Waals surface area contributed by atoms with Crippen LogP contribution in [-0.2, 0) is 9.53 Å². The average molecular weight is 176 g/mol. The van der Waals surface area contributed by atoms with Crippen LogP contribution < -0.4 is 0 Å². The number of benzene rings is 1. The Morgan fingerprint density at radius 2 is 2.08 bits per heavy atom. The fourth-order valence-corrected chi connectivity index (χ4v) is 1.45. The molecule has 0 N–H and O–H groups in total. The van der Waals surface area contributed by atoms with Gasteiger partial charge in [0.2, 0.25) is 0 Å². The minimum atomic E-state index is -0.174. The Hall–Kier alpha value is -1.15. The van der Waals surface area contributed by atoms with Crippen LogP contribution in [0.1, 0.15) is 25.0 Å². The second kappa shape index (κ2) is 3.30. The topological polar surface area (TPSA) is 29.6 Å². The van der Waals surface area contributed by atoms with E-state index in [9.17, 15) is 4.79 Å². The van der Waals surface area contributed by atoms with Gasteiger partial charge in [0.15, 0.2) is 5.78 Å². The number of epoxide rings is 1. The van der Waals surface area contributed by atoms with E-state index in [1.807, 2.05) is 37.3 Å². The fourth-order valence-electron chi connectivity index (χ4n) is 1.45. The summed E-state index contributed by atoms with van der Waals surface area (Å²) < 4.78 is 5.31. The van der Waals surface area contributed by atoms with Gasteiger partial charge in [0.1, 0.15) is 12.2 Å². The zero-order valence-corrected chi connectivity index (χ0v) is 7.57. The van der Waals surface area contributed by atoms with Crippen molar-refractivity contribution < 1.29 is 9.53 Å². The third-order valence-corrected chi connectivity index (χ3v) is 2.29. The summed E-state index contributed by atoms with van der Waals surface area (Å²) in [6, 6.07) is 9.87. The van der Waals surface area contributed by atoms with Crippen LogP contribution in [0.3, 0.4) is 0 Å². The van der Waals surface area contributed by atoms with Crippen molar-refractivity contribution in [2.45, 2.75) is 25.6 Å². The van der Waals surface area contributed by atoms with E-state index in [1.54, 1.807) is 0 Å². The van der Waals surface area contributed by atoms with Crippen molar-refractivity contribution in [2.24, 2.45) is 0 Å². The third kappa shape index (κ3) is 1.63. The Labute approximate surface area is 77.5 Å². The molecular weight excluding hydrogens is 164 g/mol. The summed E-state index contributed by atoms with van der Waals surface area (Å²) >= 11 is 0. The van der Waals surface area contributed by atoms with Gasteiger partial charge in [-0.1, -0.05) is 37.3 Å². The normalized spacial score (nSPS) is 25.6. The standard InChI is InChI=1S/C11H12O2/c1-2-9(12)11-10(13-11)8-6-4-3-5-7-8/h3-7,10-11H,2H2,1H3. The third-order valence-electron chi connectivity index (χ3n) is 2.29. The summed E-state index contributed by atoms with van der Waals surface area (Å²) in [6.07, 6.45) is 0.412. The van der Waals surface area contributed by atoms with E-state index >= 15 is 0 Å². The Morgan fingerprint density at radius 3 is 2.69 bits per heavy atom. The highest BCUT2D eigenvalue weighted by atomic mass is 16.6. The van der Waals surface area contributed by atoms with E-state index in [2.05, 4.69) is 0 Å². The van der Waals surface area contributed by atoms with Crippen molar-refractivity contribution in [1.29, 1.82) is 0 Å². The Bertz CT molecular complexity index is 305. The molecular formula is C11H12O2. The van der Waals surface area contributed by atoms with Crippen LogP contribution in [0.4, 0.5) is 0 Å². The van der Waals surface area contributed by atoms with E-state index in [4.69, 9.17) is 4.74 Å². The van der Waals surface area contributed by atoms with Gasteiger partial charge < -0.3 is 4.74 Å². The molecule has 0 aromatic heterocycles. The lowest BCUT2D eigenvalue weighted by molar-refractivity contribution is -0.119. The Morgan fingerprint density at radius 1 is 1.38 bits per heavy atom. The summed E-state index contributed by atoms with van der Waals surface area (Å²) in [5, 5.41) is 0. The summed E-state index contributed by atoms with van der Waals surface area (Å²) in [6.45, 7) is 1.87. The molecule has 1 aromatic carbocycles. The second-order valence-electron chi connectivity index (χ2n) is 3.21. The van der Waals surface area contributed by atoms with Gasteiger partial charge in [-0.15, -0.1) is 0 Å². The van der Waals surface area contributed by atoms with Crippen LogP contribution in [0, 0.1) is 0 Å². The monoisotopic (exact) mass is 176 g/mol. The molecule has 1 aromatic rings. The smallest absolute Gasteiger partial charge is 0.164 e. The van der Waals surface area contributed by atoms with Crippen molar-refractivity contribution in [3.8, 4) is 0 Å². The Balaban J connectivity index is 2.04. The molecule has 2 unspecified atom stereocenters. The lowest BCUT2D eigenvalue weighted by Gasteiger charge is -1.92. The molecule has 1 saturated heterocycles. The first-order valence-electron chi connectivity index (χ1n) is 4.56. The van der Waals surface area contributed by atoms with E-state index in [0.717, 1.165) is 5.56 Å². The van der Waals surface area contributed by atoms with E-state index in [1.165, 1.54) is 0 Å².